The molecule has 0 spiro atoms. The van der Waals surface area contributed by atoms with E-state index >= 15 is 0 Å². The van der Waals surface area contributed by atoms with Gasteiger partial charge in [-0.15, -0.1) is 0 Å². The molecule has 0 aliphatic heterocycles. The van der Waals surface area contributed by atoms with Crippen molar-refractivity contribution in [2.45, 2.75) is 4.90 Å². The van der Waals surface area contributed by atoms with Crippen molar-refractivity contribution in [1.29, 1.82) is 0 Å². The summed E-state index contributed by atoms with van der Waals surface area (Å²) in [6, 6.07) is 14.6. The van der Waals surface area contributed by atoms with Gasteiger partial charge in [0.15, 0.2) is 0 Å². The highest BCUT2D eigenvalue weighted by Crippen LogP contribution is 2.32. The summed E-state index contributed by atoms with van der Waals surface area (Å²) in [5.41, 5.74) is 1.00. The summed E-state index contributed by atoms with van der Waals surface area (Å²) in [5, 5.41) is 2.60. The fourth-order valence-corrected chi connectivity index (χ4v) is 4.27. The number of fused-ring (bicyclic) bond motifs is 3. The molecule has 0 saturated carbocycles. The minimum atomic E-state index is -3.86. The molecular weight excluding hydrogens is 366 g/mol. The number of H-pyrrole nitrogens is 1. The Morgan fingerprint density at radius 1 is 0.963 bits per heavy atom. The molecule has 0 bridgehead atoms. The molecule has 27 heavy (non-hydrogen) atoms. The molecule has 7 nitrogen and oxygen atoms in total. The molecule has 0 radical (unpaired) electrons. The Morgan fingerprint density at radius 3 is 2.56 bits per heavy atom. The molecule has 0 atom stereocenters. The van der Waals surface area contributed by atoms with Gasteiger partial charge in [-0.1, -0.05) is 36.4 Å². The number of hydrogen-bond donors (Lipinski definition) is 2. The Morgan fingerprint density at radius 2 is 1.78 bits per heavy atom. The van der Waals surface area contributed by atoms with E-state index in [1.54, 1.807) is 18.2 Å². The number of benzene rings is 2. The minimum absolute atomic E-state index is 0.128. The number of aromatic amines is 1. The highest BCUT2D eigenvalue weighted by atomic mass is 32.2. The molecule has 0 aliphatic carbocycles. The number of nitrogens with zero attached hydrogens (tertiary/aromatic N) is 1. The summed E-state index contributed by atoms with van der Waals surface area (Å²) in [6.45, 7) is 0. The van der Waals surface area contributed by atoms with E-state index in [-0.39, 0.29) is 16.5 Å². The smallest absolute Gasteiger partial charge is 0.264 e. The van der Waals surface area contributed by atoms with E-state index < -0.39 is 10.0 Å². The number of anilines is 1. The second-order valence-electron chi connectivity index (χ2n) is 5.88. The van der Waals surface area contributed by atoms with Crippen LogP contribution in [0.4, 0.5) is 5.69 Å². The Balaban J connectivity index is 1.80. The van der Waals surface area contributed by atoms with Crippen LogP contribution in [-0.2, 0) is 10.0 Å². The van der Waals surface area contributed by atoms with E-state index in [0.29, 0.717) is 11.3 Å². The summed E-state index contributed by atoms with van der Waals surface area (Å²) in [7, 11) is -0.971. The van der Waals surface area contributed by atoms with E-state index in [1.807, 2.05) is 30.3 Å². The van der Waals surface area contributed by atoms with Gasteiger partial charge in [-0.05, 0) is 11.5 Å². The predicted octanol–water partition coefficient (Wildman–Crippen LogP) is 3.53. The van der Waals surface area contributed by atoms with Gasteiger partial charge in [-0.3, -0.25) is 4.72 Å². The van der Waals surface area contributed by atoms with Gasteiger partial charge in [0.25, 0.3) is 10.0 Å². The summed E-state index contributed by atoms with van der Waals surface area (Å²) in [6.07, 6.45) is 1.49. The van der Waals surface area contributed by atoms with Crippen LogP contribution in [0.25, 0.3) is 21.7 Å². The molecule has 0 aliphatic rings. The molecule has 0 fully saturated rings. The fraction of sp³-hybridized carbons (Fsp3) is 0.105. The third-order valence-electron chi connectivity index (χ3n) is 4.31. The fourth-order valence-electron chi connectivity index (χ4n) is 3.04. The monoisotopic (exact) mass is 383 g/mol. The van der Waals surface area contributed by atoms with E-state index in [2.05, 4.69) is 14.7 Å². The van der Waals surface area contributed by atoms with Gasteiger partial charge in [0.2, 0.25) is 11.8 Å². The molecule has 0 unspecified atom stereocenters. The van der Waals surface area contributed by atoms with Gasteiger partial charge >= 0.3 is 0 Å². The zero-order valence-corrected chi connectivity index (χ0v) is 15.5. The predicted molar refractivity (Wildman–Crippen MR) is 104 cm³/mol. The first-order chi connectivity index (χ1) is 13.0. The highest BCUT2D eigenvalue weighted by molar-refractivity contribution is 7.93. The molecule has 4 aromatic rings. The summed E-state index contributed by atoms with van der Waals surface area (Å²) < 4.78 is 38.7. The first-order valence-corrected chi connectivity index (χ1v) is 9.62. The Kier molecular flexibility index (Phi) is 4.12. The highest BCUT2D eigenvalue weighted by Gasteiger charge is 2.22. The molecule has 2 aromatic heterocycles. The van der Waals surface area contributed by atoms with Crippen LogP contribution in [0.15, 0.2) is 59.6 Å². The lowest BCUT2D eigenvalue weighted by molar-refractivity contribution is 0.366. The maximum absolute atomic E-state index is 13.0. The van der Waals surface area contributed by atoms with Crippen molar-refractivity contribution in [3.63, 3.8) is 0 Å². The van der Waals surface area contributed by atoms with Crippen molar-refractivity contribution in [2.24, 2.45) is 0 Å². The maximum Gasteiger partial charge on any atom is 0.264 e. The average molecular weight is 383 g/mol. The SMILES string of the molecule is COc1ccc(NS(=O)(=O)c2c[nH]c3c2ccc2ccccc23)c(OC)n1. The maximum atomic E-state index is 13.0. The van der Waals surface area contributed by atoms with Crippen molar-refractivity contribution in [3.8, 4) is 11.8 Å². The number of aromatic nitrogens is 2. The van der Waals surface area contributed by atoms with Crippen LogP contribution in [0.1, 0.15) is 0 Å². The van der Waals surface area contributed by atoms with E-state index in [9.17, 15) is 8.42 Å². The first kappa shape index (κ1) is 17.2. The lowest BCUT2D eigenvalue weighted by Crippen LogP contribution is -2.13. The molecule has 0 saturated heterocycles. The van der Waals surface area contributed by atoms with Crippen molar-refractivity contribution < 1.29 is 17.9 Å². The van der Waals surface area contributed by atoms with E-state index in [4.69, 9.17) is 9.47 Å². The van der Waals surface area contributed by atoms with Crippen LogP contribution < -0.4 is 14.2 Å². The molecule has 2 aromatic carbocycles. The zero-order chi connectivity index (χ0) is 19.0. The van der Waals surface area contributed by atoms with Gasteiger partial charge in [-0.25, -0.2) is 8.42 Å². The number of hydrogen-bond acceptors (Lipinski definition) is 5. The Labute approximate surface area is 156 Å². The third-order valence-corrected chi connectivity index (χ3v) is 5.72. The largest absolute Gasteiger partial charge is 0.481 e. The molecule has 0 amide bonds. The quantitative estimate of drug-likeness (QED) is 0.550. The van der Waals surface area contributed by atoms with Crippen LogP contribution in [0.3, 0.4) is 0 Å². The van der Waals surface area contributed by atoms with Crippen LogP contribution in [0, 0.1) is 0 Å². The average Bonchev–Trinajstić information content (AvgIpc) is 3.13. The van der Waals surface area contributed by atoms with Crippen LogP contribution in [0.2, 0.25) is 0 Å². The van der Waals surface area contributed by atoms with Crippen LogP contribution >= 0.6 is 0 Å². The molecule has 2 N–H and O–H groups in total. The summed E-state index contributed by atoms with van der Waals surface area (Å²) >= 11 is 0. The standard InChI is InChI=1S/C19H17N3O4S/c1-25-17-10-9-15(19(21-17)26-2)22-27(23,24)16-11-20-18-13-6-4-3-5-12(13)7-8-14(16)18/h3-11,20,22H,1-2H3. The number of rotatable bonds is 5. The number of methoxy groups -OCH3 is 2. The van der Waals surface area contributed by atoms with Gasteiger partial charge in [0.1, 0.15) is 10.6 Å². The van der Waals surface area contributed by atoms with Gasteiger partial charge in [-0.2, -0.15) is 4.98 Å². The van der Waals surface area contributed by atoms with Gasteiger partial charge < -0.3 is 14.5 Å². The number of nitrogens with one attached hydrogen (secondary N) is 2. The summed E-state index contributed by atoms with van der Waals surface area (Å²) in [5.74, 6) is 0.455. The van der Waals surface area contributed by atoms with Gasteiger partial charge in [0, 0.05) is 23.0 Å². The van der Waals surface area contributed by atoms with Crippen molar-refractivity contribution in [2.75, 3.05) is 18.9 Å². The number of ether oxygens (including phenoxy) is 2. The van der Waals surface area contributed by atoms with E-state index in [0.717, 1.165) is 16.3 Å². The lowest BCUT2D eigenvalue weighted by atomic mass is 10.1. The topological polar surface area (TPSA) is 93.3 Å². The third kappa shape index (κ3) is 2.93. The number of sulfonamides is 1. The lowest BCUT2D eigenvalue weighted by Gasteiger charge is -2.11. The normalized spacial score (nSPS) is 11.6. The Bertz CT molecular complexity index is 1250. The molecule has 2 heterocycles. The molecule has 8 heteroatoms. The molecule has 138 valence electrons. The summed E-state index contributed by atoms with van der Waals surface area (Å²) in [4.78, 5) is 7.34. The van der Waals surface area contributed by atoms with Crippen LogP contribution in [0.5, 0.6) is 11.8 Å². The van der Waals surface area contributed by atoms with Crippen molar-refractivity contribution in [1.82, 2.24) is 9.97 Å². The number of pyridine rings is 1. The molecular formula is C19H17N3O4S. The second kappa shape index (κ2) is 6.48. The Hall–Kier alpha value is -3.26. The van der Waals surface area contributed by atoms with Gasteiger partial charge in [0.05, 0.1) is 19.7 Å². The van der Waals surface area contributed by atoms with Crippen molar-refractivity contribution >= 4 is 37.4 Å². The zero-order valence-electron chi connectivity index (χ0n) is 14.7. The van der Waals surface area contributed by atoms with E-state index in [1.165, 1.54) is 20.4 Å². The second-order valence-corrected chi connectivity index (χ2v) is 7.53. The molecule has 4 rings (SSSR count). The first-order valence-electron chi connectivity index (χ1n) is 8.14. The van der Waals surface area contributed by atoms with Crippen molar-refractivity contribution in [3.05, 3.63) is 54.7 Å². The minimum Gasteiger partial charge on any atom is -0.481 e. The van der Waals surface area contributed by atoms with Crippen LogP contribution in [-0.4, -0.2) is 32.6 Å².